The second-order valence-electron chi connectivity index (χ2n) is 5.19. The molecule has 0 atom stereocenters. The molecule has 0 unspecified atom stereocenters. The summed E-state index contributed by atoms with van der Waals surface area (Å²) in [5, 5.41) is 7.28. The van der Waals surface area contributed by atoms with Gasteiger partial charge < -0.3 is 15.5 Å². The van der Waals surface area contributed by atoms with Crippen molar-refractivity contribution < 1.29 is 4.90 Å². The highest BCUT2D eigenvalue weighted by atomic mass is 32.1. The summed E-state index contributed by atoms with van der Waals surface area (Å²) >= 11 is 5.35. The molecule has 0 aliphatic carbocycles. The van der Waals surface area contributed by atoms with Gasteiger partial charge in [0.2, 0.25) is 0 Å². The van der Waals surface area contributed by atoms with Crippen molar-refractivity contribution in [1.29, 1.82) is 0 Å². The van der Waals surface area contributed by atoms with Crippen molar-refractivity contribution in [2.24, 2.45) is 0 Å². The molecule has 4 heteroatoms. The van der Waals surface area contributed by atoms with Gasteiger partial charge in [-0.25, -0.2) is 0 Å². The molecule has 0 bridgehead atoms. The zero-order chi connectivity index (χ0) is 15.0. The first kappa shape index (κ1) is 16.9. The molecular weight excluding hydrogens is 266 g/mol. The molecular formula is C16H28N3S+. The van der Waals surface area contributed by atoms with Gasteiger partial charge in [-0.15, -0.1) is 0 Å². The van der Waals surface area contributed by atoms with Crippen LogP contribution in [0.5, 0.6) is 0 Å². The van der Waals surface area contributed by atoms with E-state index in [1.165, 1.54) is 30.8 Å². The van der Waals surface area contributed by atoms with Gasteiger partial charge in [0.05, 0.1) is 19.6 Å². The van der Waals surface area contributed by atoms with Gasteiger partial charge in [-0.05, 0) is 57.1 Å². The van der Waals surface area contributed by atoms with Gasteiger partial charge >= 0.3 is 0 Å². The van der Waals surface area contributed by atoms with Crippen LogP contribution in [0.3, 0.4) is 0 Å². The van der Waals surface area contributed by atoms with Crippen LogP contribution in [0, 0.1) is 13.8 Å². The van der Waals surface area contributed by atoms with Crippen LogP contribution in [-0.4, -0.2) is 31.3 Å². The maximum Gasteiger partial charge on any atom is 0.170 e. The minimum atomic E-state index is 0.716. The Morgan fingerprint density at radius 3 is 2.55 bits per heavy atom. The number of rotatable bonds is 7. The number of nitrogens with one attached hydrogen (secondary N) is 3. The SMILES string of the molecule is CC[NH+](CC)CCCNC(=S)Nc1cccc(C)c1C. The number of thiocarbonyl (C=S) groups is 1. The summed E-state index contributed by atoms with van der Waals surface area (Å²) in [6.45, 7) is 13.2. The minimum absolute atomic E-state index is 0.716. The number of anilines is 1. The Bertz CT molecular complexity index is 428. The molecule has 1 aromatic carbocycles. The van der Waals surface area contributed by atoms with E-state index >= 15 is 0 Å². The summed E-state index contributed by atoms with van der Waals surface area (Å²) < 4.78 is 0. The first-order chi connectivity index (χ1) is 9.58. The van der Waals surface area contributed by atoms with E-state index in [1.54, 1.807) is 4.90 Å². The van der Waals surface area contributed by atoms with Crippen molar-refractivity contribution in [1.82, 2.24) is 5.32 Å². The first-order valence-electron chi connectivity index (χ1n) is 7.53. The maximum absolute atomic E-state index is 5.35. The number of hydrogen-bond acceptors (Lipinski definition) is 1. The van der Waals surface area contributed by atoms with Crippen LogP contribution in [0.1, 0.15) is 31.4 Å². The molecule has 0 spiro atoms. The van der Waals surface area contributed by atoms with Crippen molar-refractivity contribution in [2.75, 3.05) is 31.5 Å². The van der Waals surface area contributed by atoms with Crippen LogP contribution in [0.4, 0.5) is 5.69 Å². The Morgan fingerprint density at radius 1 is 1.20 bits per heavy atom. The van der Waals surface area contributed by atoms with E-state index in [1.807, 2.05) is 0 Å². The summed E-state index contributed by atoms with van der Waals surface area (Å²) in [5.41, 5.74) is 3.63. The lowest BCUT2D eigenvalue weighted by atomic mass is 10.1. The molecule has 0 radical (unpaired) electrons. The summed E-state index contributed by atoms with van der Waals surface area (Å²) in [6, 6.07) is 6.23. The molecule has 20 heavy (non-hydrogen) atoms. The summed E-state index contributed by atoms with van der Waals surface area (Å²) in [4.78, 5) is 1.64. The molecule has 0 amide bonds. The van der Waals surface area contributed by atoms with Gasteiger partial charge in [0.1, 0.15) is 0 Å². The monoisotopic (exact) mass is 294 g/mol. The standard InChI is InChI=1S/C16H27N3S/c1-5-19(6-2)12-8-11-17-16(20)18-15-10-7-9-13(3)14(15)4/h7,9-10H,5-6,8,11-12H2,1-4H3,(H2,17,18,20)/p+1. The number of quaternary nitrogens is 1. The Balaban J connectivity index is 2.32. The second-order valence-corrected chi connectivity index (χ2v) is 5.60. The smallest absolute Gasteiger partial charge is 0.170 e. The minimum Gasteiger partial charge on any atom is -0.362 e. The Hall–Kier alpha value is -1.13. The normalized spacial score (nSPS) is 10.7. The van der Waals surface area contributed by atoms with E-state index in [-0.39, 0.29) is 0 Å². The average Bonchev–Trinajstić information content (AvgIpc) is 2.44. The van der Waals surface area contributed by atoms with Crippen molar-refractivity contribution in [2.45, 2.75) is 34.1 Å². The predicted molar refractivity (Wildman–Crippen MR) is 91.7 cm³/mol. The summed E-state index contributed by atoms with van der Waals surface area (Å²) in [5.74, 6) is 0. The summed E-state index contributed by atoms with van der Waals surface area (Å²) in [6.07, 6.45) is 1.14. The molecule has 0 heterocycles. The highest BCUT2D eigenvalue weighted by Gasteiger charge is 2.04. The van der Waals surface area contributed by atoms with E-state index in [0.29, 0.717) is 5.11 Å². The van der Waals surface area contributed by atoms with Crippen LogP contribution in [0.25, 0.3) is 0 Å². The van der Waals surface area contributed by atoms with Gasteiger partial charge in [0.15, 0.2) is 5.11 Å². The van der Waals surface area contributed by atoms with Crippen LogP contribution in [0.2, 0.25) is 0 Å². The maximum atomic E-state index is 5.35. The lowest BCUT2D eigenvalue weighted by molar-refractivity contribution is -0.896. The Morgan fingerprint density at radius 2 is 1.90 bits per heavy atom. The molecule has 0 aliphatic heterocycles. The molecule has 3 N–H and O–H groups in total. The lowest BCUT2D eigenvalue weighted by Crippen LogP contribution is -3.11. The van der Waals surface area contributed by atoms with Crippen molar-refractivity contribution in [3.8, 4) is 0 Å². The molecule has 1 rings (SSSR count). The predicted octanol–water partition coefficient (Wildman–Crippen LogP) is 1.90. The van der Waals surface area contributed by atoms with Crippen LogP contribution >= 0.6 is 12.2 Å². The molecule has 3 nitrogen and oxygen atoms in total. The van der Waals surface area contributed by atoms with E-state index < -0.39 is 0 Å². The quantitative estimate of drug-likeness (QED) is 0.530. The van der Waals surface area contributed by atoms with Gasteiger partial charge in [0, 0.05) is 18.7 Å². The van der Waals surface area contributed by atoms with Gasteiger partial charge in [-0.3, -0.25) is 0 Å². The van der Waals surface area contributed by atoms with E-state index in [9.17, 15) is 0 Å². The van der Waals surface area contributed by atoms with Crippen LogP contribution in [-0.2, 0) is 0 Å². The topological polar surface area (TPSA) is 28.5 Å². The molecule has 0 saturated heterocycles. The zero-order valence-electron chi connectivity index (χ0n) is 13.2. The third-order valence-corrected chi connectivity index (χ3v) is 4.09. The van der Waals surface area contributed by atoms with Gasteiger partial charge in [-0.1, -0.05) is 12.1 Å². The molecule has 0 aromatic heterocycles. The summed E-state index contributed by atoms with van der Waals surface area (Å²) in [7, 11) is 0. The molecule has 0 fully saturated rings. The van der Waals surface area contributed by atoms with E-state index in [4.69, 9.17) is 12.2 Å². The lowest BCUT2D eigenvalue weighted by Gasteiger charge is -2.16. The third kappa shape index (κ3) is 5.47. The highest BCUT2D eigenvalue weighted by Crippen LogP contribution is 2.17. The molecule has 112 valence electrons. The van der Waals surface area contributed by atoms with Crippen molar-refractivity contribution in [3.05, 3.63) is 29.3 Å². The second kappa shape index (κ2) is 8.93. The van der Waals surface area contributed by atoms with E-state index in [2.05, 4.69) is 56.5 Å². The fourth-order valence-electron chi connectivity index (χ4n) is 2.20. The number of hydrogen-bond donors (Lipinski definition) is 3. The molecule has 0 saturated carbocycles. The van der Waals surface area contributed by atoms with Crippen LogP contribution in [0.15, 0.2) is 18.2 Å². The zero-order valence-corrected chi connectivity index (χ0v) is 14.0. The van der Waals surface area contributed by atoms with Crippen molar-refractivity contribution in [3.63, 3.8) is 0 Å². The fraction of sp³-hybridized carbons (Fsp3) is 0.562. The first-order valence-corrected chi connectivity index (χ1v) is 7.93. The number of benzene rings is 1. The van der Waals surface area contributed by atoms with E-state index in [0.717, 1.165) is 18.7 Å². The largest absolute Gasteiger partial charge is 0.362 e. The molecule has 1 aromatic rings. The number of aryl methyl sites for hydroxylation is 1. The van der Waals surface area contributed by atoms with Crippen molar-refractivity contribution >= 4 is 23.0 Å². The van der Waals surface area contributed by atoms with Gasteiger partial charge in [-0.2, -0.15) is 0 Å². The van der Waals surface area contributed by atoms with Gasteiger partial charge in [0.25, 0.3) is 0 Å². The third-order valence-electron chi connectivity index (χ3n) is 3.85. The Labute approximate surface area is 128 Å². The Kier molecular flexibility index (Phi) is 7.55. The average molecular weight is 294 g/mol. The van der Waals surface area contributed by atoms with Crippen LogP contribution < -0.4 is 15.5 Å². The molecule has 0 aliphatic rings. The highest BCUT2D eigenvalue weighted by molar-refractivity contribution is 7.80. The fourth-order valence-corrected chi connectivity index (χ4v) is 2.41.